The van der Waals surface area contributed by atoms with Crippen LogP contribution in [0.2, 0.25) is 0 Å². The van der Waals surface area contributed by atoms with Gasteiger partial charge in [0.1, 0.15) is 5.54 Å². The molecule has 0 amide bonds. The van der Waals surface area contributed by atoms with E-state index < -0.39 is 5.54 Å². The van der Waals surface area contributed by atoms with Crippen molar-refractivity contribution in [1.82, 2.24) is 5.32 Å². The number of rotatable bonds is 9. The molecule has 1 aliphatic carbocycles. The lowest BCUT2D eigenvalue weighted by Gasteiger charge is -2.26. The average molecular weight is 286 g/mol. The molecule has 1 aromatic carbocycles. The third kappa shape index (κ3) is 5.87. The highest BCUT2D eigenvalue weighted by Crippen LogP contribution is 2.25. The van der Waals surface area contributed by atoms with Crippen LogP contribution >= 0.6 is 0 Å². The Balaban J connectivity index is 1.64. The Kier molecular flexibility index (Phi) is 5.78. The van der Waals surface area contributed by atoms with Gasteiger partial charge in [-0.05, 0) is 45.1 Å². The number of benzene rings is 1. The third-order valence-corrected chi connectivity index (χ3v) is 3.90. The summed E-state index contributed by atoms with van der Waals surface area (Å²) in [5.74, 6) is 0. The van der Waals surface area contributed by atoms with E-state index in [1.54, 1.807) is 0 Å². The molecular weight excluding hydrogens is 260 g/mol. The van der Waals surface area contributed by atoms with Gasteiger partial charge in [0, 0.05) is 19.1 Å². The second kappa shape index (κ2) is 7.59. The Labute approximate surface area is 128 Å². The van der Waals surface area contributed by atoms with Crippen molar-refractivity contribution in [2.24, 2.45) is 0 Å². The van der Waals surface area contributed by atoms with Crippen LogP contribution in [0.25, 0.3) is 0 Å². The van der Waals surface area contributed by atoms with Crippen LogP contribution in [0.3, 0.4) is 0 Å². The lowest BCUT2D eigenvalue weighted by molar-refractivity contribution is 0.0461. The molecule has 21 heavy (non-hydrogen) atoms. The molecule has 0 radical (unpaired) electrons. The number of ether oxygens (including phenoxy) is 1. The van der Waals surface area contributed by atoms with E-state index in [4.69, 9.17) is 4.74 Å². The smallest absolute Gasteiger partial charge is 0.106 e. The Morgan fingerprint density at radius 1 is 1.38 bits per heavy atom. The Hall–Kier alpha value is -1.37. The van der Waals surface area contributed by atoms with Crippen LogP contribution in [-0.2, 0) is 11.2 Å². The summed E-state index contributed by atoms with van der Waals surface area (Å²) in [4.78, 5) is 0. The van der Waals surface area contributed by atoms with E-state index in [9.17, 15) is 5.26 Å². The molecule has 114 valence electrons. The maximum atomic E-state index is 9.36. The van der Waals surface area contributed by atoms with Gasteiger partial charge in [0.2, 0.25) is 0 Å². The first-order chi connectivity index (χ1) is 10.1. The average Bonchev–Trinajstić information content (AvgIpc) is 3.28. The van der Waals surface area contributed by atoms with Crippen molar-refractivity contribution in [3.63, 3.8) is 0 Å². The van der Waals surface area contributed by atoms with Crippen LogP contribution < -0.4 is 5.32 Å². The van der Waals surface area contributed by atoms with Crippen molar-refractivity contribution in [2.75, 3.05) is 6.61 Å². The molecule has 1 aliphatic rings. The summed E-state index contributed by atoms with van der Waals surface area (Å²) >= 11 is 0. The second-order valence-corrected chi connectivity index (χ2v) is 6.34. The van der Waals surface area contributed by atoms with E-state index in [-0.39, 0.29) is 6.10 Å². The van der Waals surface area contributed by atoms with Crippen LogP contribution in [0.5, 0.6) is 0 Å². The molecule has 0 spiro atoms. The fourth-order valence-electron chi connectivity index (χ4n) is 2.65. The zero-order valence-electron chi connectivity index (χ0n) is 13.1. The molecule has 0 bridgehead atoms. The number of hydrogen-bond donors (Lipinski definition) is 1. The highest BCUT2D eigenvalue weighted by atomic mass is 16.5. The van der Waals surface area contributed by atoms with Crippen molar-refractivity contribution >= 4 is 0 Å². The maximum absolute atomic E-state index is 9.36. The normalized spacial score (nSPS) is 18.7. The summed E-state index contributed by atoms with van der Waals surface area (Å²) in [6, 6.07) is 13.4. The van der Waals surface area contributed by atoms with Gasteiger partial charge in [0.25, 0.3) is 0 Å². The summed E-state index contributed by atoms with van der Waals surface area (Å²) in [7, 11) is 0. The van der Waals surface area contributed by atoms with Gasteiger partial charge in [-0.15, -0.1) is 0 Å². The second-order valence-electron chi connectivity index (χ2n) is 6.34. The molecule has 0 heterocycles. The van der Waals surface area contributed by atoms with Crippen LogP contribution in [0.4, 0.5) is 0 Å². The topological polar surface area (TPSA) is 45.0 Å². The van der Waals surface area contributed by atoms with Crippen LogP contribution in [0.15, 0.2) is 30.3 Å². The minimum Gasteiger partial charge on any atom is -0.378 e. The molecule has 2 atom stereocenters. The molecule has 3 nitrogen and oxygen atoms in total. The number of nitrogens with one attached hydrogen (secondary N) is 1. The molecule has 3 heteroatoms. The first-order valence-corrected chi connectivity index (χ1v) is 7.96. The minimum atomic E-state index is -0.458. The number of aryl methyl sites for hydroxylation is 1. The van der Waals surface area contributed by atoms with Gasteiger partial charge < -0.3 is 4.74 Å². The zero-order valence-corrected chi connectivity index (χ0v) is 13.1. The summed E-state index contributed by atoms with van der Waals surface area (Å²) < 4.78 is 5.87. The van der Waals surface area contributed by atoms with E-state index in [0.29, 0.717) is 6.04 Å². The first-order valence-electron chi connectivity index (χ1n) is 7.96. The largest absolute Gasteiger partial charge is 0.378 e. The number of hydrogen-bond acceptors (Lipinski definition) is 3. The van der Waals surface area contributed by atoms with Crippen molar-refractivity contribution in [3.05, 3.63) is 35.9 Å². The van der Waals surface area contributed by atoms with E-state index in [1.807, 2.05) is 13.0 Å². The minimum absolute atomic E-state index is 0.108. The predicted molar refractivity (Wildman–Crippen MR) is 85.0 cm³/mol. The van der Waals surface area contributed by atoms with Crippen LogP contribution in [0, 0.1) is 11.3 Å². The van der Waals surface area contributed by atoms with Gasteiger partial charge >= 0.3 is 0 Å². The van der Waals surface area contributed by atoms with E-state index in [0.717, 1.165) is 25.9 Å². The number of nitriles is 1. The summed E-state index contributed by atoms with van der Waals surface area (Å²) in [6.45, 7) is 4.79. The monoisotopic (exact) mass is 286 g/mol. The molecule has 2 rings (SSSR count). The van der Waals surface area contributed by atoms with Crippen molar-refractivity contribution < 1.29 is 4.74 Å². The van der Waals surface area contributed by atoms with Crippen LogP contribution in [-0.4, -0.2) is 24.3 Å². The third-order valence-electron chi connectivity index (χ3n) is 3.90. The molecular formula is C18H26N2O. The fourth-order valence-corrected chi connectivity index (χ4v) is 2.65. The molecule has 1 aromatic rings. The highest BCUT2D eigenvalue weighted by molar-refractivity contribution is 5.14. The van der Waals surface area contributed by atoms with Crippen molar-refractivity contribution in [1.29, 1.82) is 5.26 Å². The quantitative estimate of drug-likeness (QED) is 0.707. The zero-order chi connectivity index (χ0) is 15.1. The van der Waals surface area contributed by atoms with E-state index in [2.05, 4.69) is 42.6 Å². The lowest BCUT2D eigenvalue weighted by atomic mass is 9.96. The van der Waals surface area contributed by atoms with Crippen molar-refractivity contribution in [3.8, 4) is 6.07 Å². The first kappa shape index (κ1) is 16.0. The Bertz CT molecular complexity index is 464. The van der Waals surface area contributed by atoms with Gasteiger partial charge in [-0.2, -0.15) is 5.26 Å². The summed E-state index contributed by atoms with van der Waals surface area (Å²) in [6.07, 6.45) is 5.31. The van der Waals surface area contributed by atoms with Crippen molar-refractivity contribution in [2.45, 2.75) is 63.6 Å². The molecule has 0 saturated heterocycles. The van der Waals surface area contributed by atoms with Crippen LogP contribution in [0.1, 0.15) is 45.1 Å². The predicted octanol–water partition coefficient (Wildman–Crippen LogP) is 3.45. The highest BCUT2D eigenvalue weighted by Gasteiger charge is 2.33. The Morgan fingerprint density at radius 2 is 2.10 bits per heavy atom. The SMILES string of the molecule is CC(CC(C)(C#N)NC1CC1)OCCCc1ccccc1. The molecule has 0 aromatic heterocycles. The van der Waals surface area contributed by atoms with E-state index >= 15 is 0 Å². The van der Waals surface area contributed by atoms with Gasteiger partial charge in [0.05, 0.1) is 12.2 Å². The maximum Gasteiger partial charge on any atom is 0.106 e. The molecule has 2 unspecified atom stereocenters. The molecule has 1 fully saturated rings. The summed E-state index contributed by atoms with van der Waals surface area (Å²) in [5, 5.41) is 12.8. The fraction of sp³-hybridized carbons (Fsp3) is 0.611. The summed E-state index contributed by atoms with van der Waals surface area (Å²) in [5.41, 5.74) is 0.894. The van der Waals surface area contributed by atoms with Gasteiger partial charge in [-0.3, -0.25) is 5.32 Å². The number of nitrogens with zero attached hydrogens (tertiary/aromatic N) is 1. The Morgan fingerprint density at radius 3 is 2.71 bits per heavy atom. The molecule has 0 aliphatic heterocycles. The molecule has 1 saturated carbocycles. The van der Waals surface area contributed by atoms with Gasteiger partial charge in [-0.25, -0.2) is 0 Å². The lowest BCUT2D eigenvalue weighted by Crippen LogP contribution is -2.45. The van der Waals surface area contributed by atoms with Gasteiger partial charge in [0.15, 0.2) is 0 Å². The standard InChI is InChI=1S/C18H26N2O/c1-15(13-18(2,14-19)20-17-10-11-17)21-12-6-9-16-7-4-3-5-8-16/h3-5,7-8,15,17,20H,6,9-13H2,1-2H3. The van der Waals surface area contributed by atoms with E-state index in [1.165, 1.54) is 18.4 Å². The van der Waals surface area contributed by atoms with Gasteiger partial charge in [-0.1, -0.05) is 30.3 Å². The molecule has 1 N–H and O–H groups in total.